The van der Waals surface area contributed by atoms with Gasteiger partial charge < -0.3 is 0 Å². The Kier molecular flexibility index (Phi) is 2.61. The number of aromatic nitrogens is 2. The van der Waals surface area contributed by atoms with E-state index in [1.54, 1.807) is 6.20 Å². The number of benzene rings is 1. The number of hydrogen-bond donors (Lipinski definition) is 0. The van der Waals surface area contributed by atoms with E-state index in [4.69, 9.17) is 23.2 Å². The van der Waals surface area contributed by atoms with Crippen molar-refractivity contribution in [1.82, 2.24) is 9.97 Å². The molecule has 0 fully saturated rings. The van der Waals surface area contributed by atoms with Gasteiger partial charge in [0, 0.05) is 34.1 Å². The third kappa shape index (κ3) is 1.74. The zero-order valence-corrected chi connectivity index (χ0v) is 10.3. The monoisotopic (exact) mass is 262 g/mol. The lowest BCUT2D eigenvalue weighted by Crippen LogP contribution is -1.88. The summed E-state index contributed by atoms with van der Waals surface area (Å²) in [5, 5.41) is 3.63. The first-order valence-corrected chi connectivity index (χ1v) is 6.08. The van der Waals surface area contributed by atoms with Gasteiger partial charge in [0.15, 0.2) is 0 Å². The summed E-state index contributed by atoms with van der Waals surface area (Å²) >= 11 is 11.9. The van der Waals surface area contributed by atoms with Crippen molar-refractivity contribution in [2.45, 2.75) is 5.88 Å². The number of nitrogens with zero attached hydrogens (tertiary/aromatic N) is 2. The van der Waals surface area contributed by atoms with Crippen molar-refractivity contribution in [2.75, 3.05) is 0 Å². The van der Waals surface area contributed by atoms with Crippen LogP contribution >= 0.6 is 23.2 Å². The molecule has 0 aliphatic rings. The van der Waals surface area contributed by atoms with Crippen LogP contribution in [0, 0.1) is 0 Å². The normalized spacial score (nSPS) is 11.2. The van der Waals surface area contributed by atoms with Crippen molar-refractivity contribution >= 4 is 44.9 Å². The van der Waals surface area contributed by atoms with Gasteiger partial charge in [-0.2, -0.15) is 0 Å². The van der Waals surface area contributed by atoms with Crippen LogP contribution in [0.1, 0.15) is 5.56 Å². The molecule has 0 saturated carbocycles. The Labute approximate surface area is 108 Å². The Morgan fingerprint density at radius 3 is 2.76 bits per heavy atom. The molecule has 84 valence electrons. The molecule has 0 aliphatic heterocycles. The van der Waals surface area contributed by atoms with E-state index in [0.29, 0.717) is 11.0 Å². The molecule has 1 aromatic carbocycles. The molecule has 0 unspecified atom stereocenters. The zero-order chi connectivity index (χ0) is 11.8. The van der Waals surface area contributed by atoms with Crippen molar-refractivity contribution in [2.24, 2.45) is 0 Å². The van der Waals surface area contributed by atoms with Crippen molar-refractivity contribution in [3.63, 3.8) is 0 Å². The predicted molar refractivity (Wildman–Crippen MR) is 71.6 cm³/mol. The molecular weight excluding hydrogens is 255 g/mol. The van der Waals surface area contributed by atoms with Gasteiger partial charge in [-0.1, -0.05) is 23.7 Å². The largest absolute Gasteiger partial charge is 0.264 e. The number of hydrogen-bond acceptors (Lipinski definition) is 2. The molecule has 2 nitrogen and oxygen atoms in total. The number of fused-ring (bicyclic) bond motifs is 3. The SMILES string of the molecule is ClCc1cc2ccc3cnccc3c2nc1Cl. The van der Waals surface area contributed by atoms with Gasteiger partial charge >= 0.3 is 0 Å². The van der Waals surface area contributed by atoms with Crippen LogP contribution in [0.15, 0.2) is 36.7 Å². The van der Waals surface area contributed by atoms with Gasteiger partial charge in [-0.3, -0.25) is 4.98 Å². The minimum Gasteiger partial charge on any atom is -0.264 e. The highest BCUT2D eigenvalue weighted by Gasteiger charge is 2.06. The summed E-state index contributed by atoms with van der Waals surface area (Å²) in [4.78, 5) is 8.52. The van der Waals surface area contributed by atoms with Crippen molar-refractivity contribution in [3.8, 4) is 0 Å². The van der Waals surface area contributed by atoms with Gasteiger partial charge in [0.05, 0.1) is 11.4 Å². The van der Waals surface area contributed by atoms with Gasteiger partial charge in [0.1, 0.15) is 5.15 Å². The minimum absolute atomic E-state index is 0.371. The second kappa shape index (κ2) is 4.13. The number of pyridine rings is 2. The Balaban J connectivity index is 2.46. The van der Waals surface area contributed by atoms with E-state index >= 15 is 0 Å². The molecule has 0 spiro atoms. The van der Waals surface area contributed by atoms with Gasteiger partial charge in [-0.05, 0) is 12.1 Å². The first-order chi connectivity index (χ1) is 8.29. The Hall–Kier alpha value is -1.38. The molecule has 0 N–H and O–H groups in total. The second-order valence-electron chi connectivity index (χ2n) is 3.81. The summed E-state index contributed by atoms with van der Waals surface area (Å²) in [5.41, 5.74) is 1.75. The molecule has 0 amide bonds. The highest BCUT2D eigenvalue weighted by atomic mass is 35.5. The number of halogens is 2. The summed E-state index contributed by atoms with van der Waals surface area (Å²) in [6.45, 7) is 0. The number of alkyl halides is 1. The van der Waals surface area contributed by atoms with E-state index in [9.17, 15) is 0 Å². The van der Waals surface area contributed by atoms with Crippen molar-refractivity contribution in [1.29, 1.82) is 0 Å². The number of rotatable bonds is 1. The summed E-state index contributed by atoms with van der Waals surface area (Å²) < 4.78 is 0. The lowest BCUT2D eigenvalue weighted by molar-refractivity contribution is 1.30. The average molecular weight is 263 g/mol. The molecular formula is C13H8Cl2N2. The maximum Gasteiger partial charge on any atom is 0.134 e. The van der Waals surface area contributed by atoms with Crippen LogP contribution < -0.4 is 0 Å². The molecule has 3 rings (SSSR count). The standard InChI is InChI=1S/C13H8Cl2N2/c14-6-10-5-8-1-2-9-7-16-4-3-11(9)12(8)17-13(10)15/h1-5,7H,6H2. The maximum absolute atomic E-state index is 6.09. The molecule has 0 saturated heterocycles. The van der Waals surface area contributed by atoms with E-state index in [0.717, 1.165) is 27.2 Å². The molecule has 0 atom stereocenters. The molecule has 3 aromatic rings. The van der Waals surface area contributed by atoms with Gasteiger partial charge in [-0.25, -0.2) is 4.98 Å². The molecule has 2 heterocycles. The lowest BCUT2D eigenvalue weighted by atomic mass is 10.1. The van der Waals surface area contributed by atoms with Gasteiger partial charge in [-0.15, -0.1) is 11.6 Å². The fourth-order valence-corrected chi connectivity index (χ4v) is 2.40. The van der Waals surface area contributed by atoms with Crippen molar-refractivity contribution < 1.29 is 0 Å². The van der Waals surface area contributed by atoms with E-state index in [1.165, 1.54) is 0 Å². The zero-order valence-electron chi connectivity index (χ0n) is 8.82. The summed E-state index contributed by atoms with van der Waals surface area (Å²) in [7, 11) is 0. The first-order valence-electron chi connectivity index (χ1n) is 5.17. The molecule has 2 aromatic heterocycles. The lowest BCUT2D eigenvalue weighted by Gasteiger charge is -2.05. The Morgan fingerprint density at radius 1 is 1.12 bits per heavy atom. The van der Waals surface area contributed by atoms with Gasteiger partial charge in [0.2, 0.25) is 0 Å². The van der Waals surface area contributed by atoms with Crippen LogP contribution in [-0.4, -0.2) is 9.97 Å². The van der Waals surface area contributed by atoms with E-state index in [2.05, 4.69) is 9.97 Å². The smallest absolute Gasteiger partial charge is 0.134 e. The molecule has 4 heteroatoms. The van der Waals surface area contributed by atoms with E-state index < -0.39 is 0 Å². The fraction of sp³-hybridized carbons (Fsp3) is 0.0769. The van der Waals surface area contributed by atoms with Crippen LogP contribution in [0.4, 0.5) is 0 Å². The Morgan fingerprint density at radius 2 is 1.94 bits per heavy atom. The highest BCUT2D eigenvalue weighted by molar-refractivity contribution is 6.31. The fourth-order valence-electron chi connectivity index (χ4n) is 1.92. The quantitative estimate of drug-likeness (QED) is 0.374. The maximum atomic E-state index is 6.09. The first kappa shape index (κ1) is 10.8. The minimum atomic E-state index is 0.371. The topological polar surface area (TPSA) is 25.8 Å². The molecule has 0 bridgehead atoms. The molecule has 0 radical (unpaired) electrons. The summed E-state index contributed by atoms with van der Waals surface area (Å²) in [6.07, 6.45) is 3.58. The highest BCUT2D eigenvalue weighted by Crippen LogP contribution is 2.27. The third-order valence-corrected chi connectivity index (χ3v) is 3.39. The van der Waals surface area contributed by atoms with Crippen LogP contribution in [0.3, 0.4) is 0 Å². The molecule has 0 aliphatic carbocycles. The average Bonchev–Trinajstić information content (AvgIpc) is 2.38. The third-order valence-electron chi connectivity index (χ3n) is 2.77. The van der Waals surface area contributed by atoms with Crippen LogP contribution in [-0.2, 0) is 5.88 Å². The van der Waals surface area contributed by atoms with E-state index in [-0.39, 0.29) is 0 Å². The summed E-state index contributed by atoms with van der Waals surface area (Å²) in [5.74, 6) is 0.371. The predicted octanol–water partition coefficient (Wildman–Crippen LogP) is 4.18. The van der Waals surface area contributed by atoms with Crippen molar-refractivity contribution in [3.05, 3.63) is 47.4 Å². The Bertz CT molecular complexity index is 710. The second-order valence-corrected chi connectivity index (χ2v) is 4.43. The van der Waals surface area contributed by atoms with Crippen LogP contribution in [0.2, 0.25) is 5.15 Å². The van der Waals surface area contributed by atoms with Gasteiger partial charge in [0.25, 0.3) is 0 Å². The summed E-state index contributed by atoms with van der Waals surface area (Å²) in [6, 6.07) is 7.97. The van der Waals surface area contributed by atoms with E-state index in [1.807, 2.05) is 30.5 Å². The van der Waals surface area contributed by atoms with Crippen LogP contribution in [0.5, 0.6) is 0 Å². The molecule has 17 heavy (non-hydrogen) atoms. The van der Waals surface area contributed by atoms with Crippen LogP contribution in [0.25, 0.3) is 21.7 Å².